The van der Waals surface area contributed by atoms with Crippen LogP contribution in [0.25, 0.3) is 10.9 Å². The van der Waals surface area contributed by atoms with E-state index < -0.39 is 0 Å². The van der Waals surface area contributed by atoms with E-state index in [1.807, 2.05) is 12.1 Å². The van der Waals surface area contributed by atoms with Crippen LogP contribution in [0.2, 0.25) is 0 Å². The molecule has 0 radical (unpaired) electrons. The number of rotatable bonds is 5. The molecule has 0 bridgehead atoms. The summed E-state index contributed by atoms with van der Waals surface area (Å²) in [6.07, 6.45) is 4.28. The van der Waals surface area contributed by atoms with Gasteiger partial charge in [-0.3, -0.25) is 0 Å². The van der Waals surface area contributed by atoms with Gasteiger partial charge >= 0.3 is 11.7 Å². The van der Waals surface area contributed by atoms with Gasteiger partial charge in [-0.15, -0.1) is 0 Å². The molecule has 0 atom stereocenters. The molecule has 18 heavy (non-hydrogen) atoms. The predicted molar refractivity (Wildman–Crippen MR) is 70.1 cm³/mol. The Hall–Kier alpha value is -1.84. The average molecular weight is 247 g/mol. The number of hydrogen-bond acceptors (Lipinski definition) is 4. The van der Waals surface area contributed by atoms with Gasteiger partial charge < -0.3 is 9.15 Å². The Kier molecular flexibility index (Phi) is 3.97. The minimum atomic E-state index is -0.371. The molecule has 0 N–H and O–H groups in total. The van der Waals surface area contributed by atoms with E-state index in [1.165, 1.54) is 7.11 Å². The van der Waals surface area contributed by atoms with Crippen molar-refractivity contribution in [2.24, 2.45) is 0 Å². The molecule has 0 unspecified atom stereocenters. The number of aryl methyl sites for hydroxylation is 1. The summed E-state index contributed by atoms with van der Waals surface area (Å²) in [6.45, 7) is 2.16. The van der Waals surface area contributed by atoms with Gasteiger partial charge in [-0.25, -0.2) is 4.79 Å². The standard InChI is InChI=1S/C14H17NO3/c1-3-4-5-7-10-8-6-9-11-12(10)13(16)18-14(15-11)17-2/h6,8-9H,3-5,7H2,1-2H3. The van der Waals surface area contributed by atoms with Crippen LogP contribution >= 0.6 is 0 Å². The zero-order valence-corrected chi connectivity index (χ0v) is 10.7. The molecule has 1 heterocycles. The van der Waals surface area contributed by atoms with E-state index in [4.69, 9.17) is 9.15 Å². The molecule has 1 aromatic carbocycles. The van der Waals surface area contributed by atoms with E-state index in [-0.39, 0.29) is 11.7 Å². The molecular formula is C14H17NO3. The summed E-state index contributed by atoms with van der Waals surface area (Å²) in [5.74, 6) is 0. The fourth-order valence-corrected chi connectivity index (χ4v) is 2.03. The topological polar surface area (TPSA) is 52.3 Å². The molecule has 0 amide bonds. The molecule has 4 nitrogen and oxygen atoms in total. The maximum absolute atomic E-state index is 11.9. The van der Waals surface area contributed by atoms with E-state index in [1.54, 1.807) is 6.07 Å². The maximum atomic E-state index is 11.9. The Bertz CT molecular complexity index is 589. The first-order chi connectivity index (χ1) is 8.76. The van der Waals surface area contributed by atoms with Crippen LogP contribution in [-0.4, -0.2) is 12.1 Å². The fourth-order valence-electron chi connectivity index (χ4n) is 2.03. The molecule has 0 spiro atoms. The summed E-state index contributed by atoms with van der Waals surface area (Å²) in [6, 6.07) is 5.68. The van der Waals surface area contributed by atoms with Gasteiger partial charge in [0, 0.05) is 0 Å². The zero-order chi connectivity index (χ0) is 13.0. The second kappa shape index (κ2) is 5.67. The molecule has 0 saturated carbocycles. The van der Waals surface area contributed by atoms with Crippen molar-refractivity contribution in [1.29, 1.82) is 0 Å². The Morgan fingerprint density at radius 2 is 2.17 bits per heavy atom. The molecule has 0 aliphatic carbocycles. The number of nitrogens with zero attached hydrogens (tertiary/aromatic N) is 1. The highest BCUT2D eigenvalue weighted by Crippen LogP contribution is 2.18. The van der Waals surface area contributed by atoms with Gasteiger partial charge in [-0.05, 0) is 24.5 Å². The molecule has 1 aromatic heterocycles. The number of benzene rings is 1. The first-order valence-electron chi connectivity index (χ1n) is 6.23. The summed E-state index contributed by atoms with van der Waals surface area (Å²) in [7, 11) is 1.43. The van der Waals surface area contributed by atoms with Gasteiger partial charge in [0.25, 0.3) is 0 Å². The highest BCUT2D eigenvalue weighted by molar-refractivity contribution is 5.80. The number of methoxy groups -OCH3 is 1. The van der Waals surface area contributed by atoms with Gasteiger partial charge in [-0.1, -0.05) is 31.9 Å². The third-order valence-electron chi connectivity index (χ3n) is 2.95. The summed E-state index contributed by atoms with van der Waals surface area (Å²) in [5, 5.41) is 0.578. The van der Waals surface area contributed by atoms with Crippen molar-refractivity contribution in [2.75, 3.05) is 7.11 Å². The fraction of sp³-hybridized carbons (Fsp3) is 0.429. The summed E-state index contributed by atoms with van der Waals surface area (Å²) >= 11 is 0. The van der Waals surface area contributed by atoms with Crippen molar-refractivity contribution in [3.8, 4) is 6.08 Å². The van der Waals surface area contributed by atoms with Crippen molar-refractivity contribution >= 4 is 10.9 Å². The summed E-state index contributed by atoms with van der Waals surface area (Å²) in [5.41, 5.74) is 1.27. The smallest absolute Gasteiger partial charge is 0.396 e. The highest BCUT2D eigenvalue weighted by atomic mass is 16.6. The minimum Gasteiger partial charge on any atom is -0.453 e. The normalized spacial score (nSPS) is 10.8. The molecular weight excluding hydrogens is 230 g/mol. The number of hydrogen-bond donors (Lipinski definition) is 0. The van der Waals surface area contributed by atoms with Crippen LogP contribution in [0, 0.1) is 0 Å². The van der Waals surface area contributed by atoms with Crippen LogP contribution in [0.4, 0.5) is 0 Å². The largest absolute Gasteiger partial charge is 0.453 e. The van der Waals surface area contributed by atoms with E-state index in [9.17, 15) is 4.79 Å². The number of unbranched alkanes of at least 4 members (excludes halogenated alkanes) is 2. The molecule has 4 heteroatoms. The lowest BCUT2D eigenvalue weighted by atomic mass is 10.0. The van der Waals surface area contributed by atoms with Crippen molar-refractivity contribution in [1.82, 2.24) is 4.98 Å². The third kappa shape index (κ3) is 2.53. The van der Waals surface area contributed by atoms with Crippen molar-refractivity contribution in [2.45, 2.75) is 32.6 Å². The third-order valence-corrected chi connectivity index (χ3v) is 2.95. The van der Waals surface area contributed by atoms with Gasteiger partial charge in [0.1, 0.15) is 0 Å². The Balaban J connectivity index is 2.45. The first kappa shape index (κ1) is 12.6. The van der Waals surface area contributed by atoms with Crippen LogP contribution in [0.1, 0.15) is 31.7 Å². The van der Waals surface area contributed by atoms with Crippen LogP contribution in [0.3, 0.4) is 0 Å². The molecule has 0 aliphatic heterocycles. The number of fused-ring (bicyclic) bond motifs is 1. The molecule has 2 aromatic rings. The molecule has 0 aliphatic rings. The highest BCUT2D eigenvalue weighted by Gasteiger charge is 2.10. The van der Waals surface area contributed by atoms with Gasteiger partial charge in [0.2, 0.25) is 0 Å². The molecule has 0 fully saturated rings. The second-order valence-electron chi connectivity index (χ2n) is 4.24. The molecule has 2 rings (SSSR count). The maximum Gasteiger partial charge on any atom is 0.396 e. The lowest BCUT2D eigenvalue weighted by molar-refractivity contribution is 0.270. The molecule has 0 saturated heterocycles. The summed E-state index contributed by atoms with van der Waals surface area (Å²) in [4.78, 5) is 16.1. The van der Waals surface area contributed by atoms with Gasteiger partial charge in [0.05, 0.1) is 18.0 Å². The first-order valence-corrected chi connectivity index (χ1v) is 6.23. The van der Waals surface area contributed by atoms with E-state index >= 15 is 0 Å². The Morgan fingerprint density at radius 1 is 1.33 bits per heavy atom. The lowest BCUT2D eigenvalue weighted by Gasteiger charge is -2.05. The average Bonchev–Trinajstić information content (AvgIpc) is 2.38. The van der Waals surface area contributed by atoms with Gasteiger partial charge in [0.15, 0.2) is 0 Å². The lowest BCUT2D eigenvalue weighted by Crippen LogP contribution is -2.06. The Morgan fingerprint density at radius 3 is 2.89 bits per heavy atom. The monoisotopic (exact) mass is 247 g/mol. The van der Waals surface area contributed by atoms with Crippen molar-refractivity contribution < 1.29 is 9.15 Å². The van der Waals surface area contributed by atoms with Crippen LogP contribution in [0.5, 0.6) is 6.08 Å². The number of aromatic nitrogens is 1. The number of ether oxygens (including phenoxy) is 1. The Labute approximate surface area is 106 Å². The van der Waals surface area contributed by atoms with Crippen LogP contribution < -0.4 is 10.4 Å². The van der Waals surface area contributed by atoms with E-state index in [0.29, 0.717) is 10.9 Å². The predicted octanol–water partition coefficient (Wildman–Crippen LogP) is 2.93. The quantitative estimate of drug-likeness (QED) is 0.762. The van der Waals surface area contributed by atoms with Crippen LogP contribution in [0.15, 0.2) is 27.4 Å². The van der Waals surface area contributed by atoms with E-state index in [2.05, 4.69) is 11.9 Å². The van der Waals surface area contributed by atoms with Crippen molar-refractivity contribution in [3.05, 3.63) is 34.2 Å². The second-order valence-corrected chi connectivity index (χ2v) is 4.24. The van der Waals surface area contributed by atoms with E-state index in [0.717, 1.165) is 31.2 Å². The zero-order valence-electron chi connectivity index (χ0n) is 10.7. The summed E-state index contributed by atoms with van der Waals surface area (Å²) < 4.78 is 9.86. The van der Waals surface area contributed by atoms with Crippen LogP contribution in [-0.2, 0) is 6.42 Å². The minimum absolute atomic E-state index is 0.0122. The van der Waals surface area contributed by atoms with Crippen molar-refractivity contribution in [3.63, 3.8) is 0 Å². The SMILES string of the molecule is CCCCCc1cccc2nc(OC)oc(=O)c12. The molecule has 96 valence electrons. The van der Waals surface area contributed by atoms with Gasteiger partial charge in [-0.2, -0.15) is 4.98 Å².